The van der Waals surface area contributed by atoms with Crippen LogP contribution in [0.25, 0.3) is 0 Å². The molecule has 0 spiro atoms. The van der Waals surface area contributed by atoms with Gasteiger partial charge in [0.25, 0.3) is 0 Å². The molecule has 3 heteroatoms. The number of hydrogen-bond donors (Lipinski definition) is 1. The van der Waals surface area contributed by atoms with Gasteiger partial charge in [0.2, 0.25) is 0 Å². The van der Waals surface area contributed by atoms with Gasteiger partial charge in [-0.1, -0.05) is 51.4 Å². The quantitative estimate of drug-likeness (QED) is 0.596. The maximum atomic E-state index is 6.12. The van der Waals surface area contributed by atoms with Gasteiger partial charge < -0.3 is 4.74 Å². The van der Waals surface area contributed by atoms with Gasteiger partial charge in [-0.05, 0) is 19.9 Å². The Kier molecular flexibility index (Phi) is 4.83. The normalized spacial score (nSPS) is 33.4. The molecule has 1 saturated heterocycles. The fraction of sp³-hybridized carbons (Fsp3) is 1.00. The number of likely N-dealkylation sites (N-methyl/N-ethyl adjacent to an activating group) is 1. The highest BCUT2D eigenvalue weighted by Gasteiger charge is 2.46. The molecule has 0 aromatic carbocycles. The van der Waals surface area contributed by atoms with Crippen LogP contribution >= 0.6 is 0 Å². The summed E-state index contributed by atoms with van der Waals surface area (Å²) in [4.78, 5) is 2.28. The van der Waals surface area contributed by atoms with Crippen molar-refractivity contribution in [1.82, 2.24) is 4.90 Å². The Labute approximate surface area is 106 Å². The minimum Gasteiger partial charge on any atom is -0.339 e. The Balaban J connectivity index is 1.83. The Morgan fingerprint density at radius 1 is 0.941 bits per heavy atom. The lowest BCUT2D eigenvalue weighted by Gasteiger charge is -2.31. The lowest BCUT2D eigenvalue weighted by molar-refractivity contribution is 0.0579. The average molecular weight is 240 g/mol. The van der Waals surface area contributed by atoms with E-state index in [0.29, 0.717) is 12.6 Å². The van der Waals surface area contributed by atoms with Crippen molar-refractivity contribution in [1.29, 1.82) is 0 Å². The van der Waals surface area contributed by atoms with Crippen molar-refractivity contribution in [2.75, 3.05) is 13.7 Å². The number of hydrogen-bond acceptors (Lipinski definition) is 3. The van der Waals surface area contributed by atoms with Crippen LogP contribution in [0, 0.1) is 0 Å². The molecule has 2 rings (SSSR count). The van der Waals surface area contributed by atoms with Crippen LogP contribution in [-0.2, 0) is 4.74 Å². The number of epoxide rings is 1. The number of ether oxygens (including phenoxy) is 1. The molecule has 2 N–H and O–H groups in total. The van der Waals surface area contributed by atoms with Gasteiger partial charge in [-0.25, -0.2) is 0 Å². The Morgan fingerprint density at radius 3 is 1.76 bits per heavy atom. The van der Waals surface area contributed by atoms with Crippen molar-refractivity contribution >= 4 is 0 Å². The minimum atomic E-state index is -0.426. The standard InChI is InChI=1S/C14H28N2O/c1-16(14(15)12-17-14)13-10-8-6-4-2-3-5-7-9-11-13/h13H,2-12,15H2,1H3. The topological polar surface area (TPSA) is 41.8 Å². The van der Waals surface area contributed by atoms with Gasteiger partial charge in [0.15, 0.2) is 5.85 Å². The van der Waals surface area contributed by atoms with Crippen LogP contribution in [0.1, 0.15) is 64.2 Å². The van der Waals surface area contributed by atoms with Crippen LogP contribution in [0.5, 0.6) is 0 Å². The highest BCUT2D eigenvalue weighted by molar-refractivity contribution is 4.88. The third kappa shape index (κ3) is 3.94. The van der Waals surface area contributed by atoms with E-state index in [1.54, 1.807) is 0 Å². The molecule has 2 fully saturated rings. The molecule has 1 atom stereocenters. The van der Waals surface area contributed by atoms with E-state index in [-0.39, 0.29) is 0 Å². The van der Waals surface area contributed by atoms with Crippen LogP contribution in [0.15, 0.2) is 0 Å². The van der Waals surface area contributed by atoms with Crippen LogP contribution in [0.2, 0.25) is 0 Å². The fourth-order valence-corrected chi connectivity index (χ4v) is 2.94. The Hall–Kier alpha value is -0.120. The molecule has 1 aliphatic heterocycles. The van der Waals surface area contributed by atoms with E-state index in [1.807, 2.05) is 0 Å². The first-order valence-electron chi connectivity index (χ1n) is 7.38. The third-order valence-electron chi connectivity index (χ3n) is 4.41. The number of nitrogens with two attached hydrogens (primary N) is 1. The highest BCUT2D eigenvalue weighted by atomic mass is 16.6. The molecule has 17 heavy (non-hydrogen) atoms. The molecule has 1 unspecified atom stereocenters. The average Bonchev–Trinajstić information content (AvgIpc) is 3.07. The second-order valence-corrected chi connectivity index (χ2v) is 5.80. The summed E-state index contributed by atoms with van der Waals surface area (Å²) in [6, 6.07) is 0.626. The molecule has 0 amide bonds. The first-order valence-corrected chi connectivity index (χ1v) is 7.38. The molecule has 100 valence electrons. The second-order valence-electron chi connectivity index (χ2n) is 5.80. The molecule has 3 nitrogen and oxygen atoms in total. The van der Waals surface area contributed by atoms with Gasteiger partial charge in [0, 0.05) is 6.04 Å². The predicted molar refractivity (Wildman–Crippen MR) is 70.6 cm³/mol. The van der Waals surface area contributed by atoms with Gasteiger partial charge in [-0.2, -0.15) is 0 Å². The van der Waals surface area contributed by atoms with E-state index in [1.165, 1.54) is 64.2 Å². The van der Waals surface area contributed by atoms with Crippen molar-refractivity contribution in [3.63, 3.8) is 0 Å². The first kappa shape index (κ1) is 13.3. The molecule has 1 saturated carbocycles. The summed E-state index contributed by atoms with van der Waals surface area (Å²) in [5.41, 5.74) is 6.12. The minimum absolute atomic E-state index is 0.426. The maximum Gasteiger partial charge on any atom is 0.199 e. The highest BCUT2D eigenvalue weighted by Crippen LogP contribution is 2.30. The summed E-state index contributed by atoms with van der Waals surface area (Å²) in [5.74, 6) is -0.426. The Bertz CT molecular complexity index is 216. The van der Waals surface area contributed by atoms with Gasteiger partial charge in [-0.3, -0.25) is 10.6 Å². The molecule has 2 aliphatic rings. The zero-order valence-electron chi connectivity index (χ0n) is 11.3. The van der Waals surface area contributed by atoms with E-state index < -0.39 is 5.85 Å². The van der Waals surface area contributed by atoms with Crippen LogP contribution in [0.4, 0.5) is 0 Å². The summed E-state index contributed by atoms with van der Waals surface area (Å²) in [6.07, 6.45) is 13.8. The fourth-order valence-electron chi connectivity index (χ4n) is 2.94. The molecule has 0 bridgehead atoms. The SMILES string of the molecule is CN(C1CCCCCCCCCC1)C1(N)CO1. The summed E-state index contributed by atoms with van der Waals surface area (Å²) in [5, 5.41) is 0. The van der Waals surface area contributed by atoms with Crippen molar-refractivity contribution in [2.24, 2.45) is 5.73 Å². The predicted octanol–water partition coefficient (Wildman–Crippen LogP) is 2.84. The molecule has 1 heterocycles. The zero-order chi connectivity index (χ0) is 12.1. The van der Waals surface area contributed by atoms with Gasteiger partial charge in [-0.15, -0.1) is 0 Å². The lowest BCUT2D eigenvalue weighted by atomic mass is 10.0. The number of rotatable bonds is 2. The van der Waals surface area contributed by atoms with Crippen LogP contribution < -0.4 is 5.73 Å². The van der Waals surface area contributed by atoms with Crippen molar-refractivity contribution in [3.05, 3.63) is 0 Å². The van der Waals surface area contributed by atoms with Crippen molar-refractivity contribution in [3.8, 4) is 0 Å². The number of nitrogens with zero attached hydrogens (tertiary/aromatic N) is 1. The largest absolute Gasteiger partial charge is 0.339 e. The molecule has 1 aliphatic carbocycles. The third-order valence-corrected chi connectivity index (χ3v) is 4.41. The molecule has 0 aromatic heterocycles. The van der Waals surface area contributed by atoms with Crippen molar-refractivity contribution in [2.45, 2.75) is 76.1 Å². The van der Waals surface area contributed by atoms with E-state index in [0.717, 1.165) is 0 Å². The van der Waals surface area contributed by atoms with E-state index in [9.17, 15) is 0 Å². The van der Waals surface area contributed by atoms with Crippen molar-refractivity contribution < 1.29 is 4.74 Å². The second kappa shape index (κ2) is 6.17. The molecule has 0 radical (unpaired) electrons. The van der Waals surface area contributed by atoms with E-state index in [2.05, 4.69) is 11.9 Å². The first-order chi connectivity index (χ1) is 8.22. The lowest BCUT2D eigenvalue weighted by Crippen LogP contribution is -2.49. The summed E-state index contributed by atoms with van der Waals surface area (Å²) >= 11 is 0. The van der Waals surface area contributed by atoms with Gasteiger partial charge in [0.05, 0.1) is 0 Å². The van der Waals surface area contributed by atoms with Crippen LogP contribution in [0.3, 0.4) is 0 Å². The smallest absolute Gasteiger partial charge is 0.199 e. The molecular weight excluding hydrogens is 212 g/mol. The molecular formula is C14H28N2O. The summed E-state index contributed by atoms with van der Waals surface area (Å²) in [6.45, 7) is 0.708. The van der Waals surface area contributed by atoms with Crippen LogP contribution in [-0.4, -0.2) is 30.4 Å². The van der Waals surface area contributed by atoms with E-state index >= 15 is 0 Å². The zero-order valence-corrected chi connectivity index (χ0v) is 11.3. The summed E-state index contributed by atoms with van der Waals surface area (Å²) in [7, 11) is 2.14. The maximum absolute atomic E-state index is 6.12. The monoisotopic (exact) mass is 240 g/mol. The summed E-state index contributed by atoms with van der Waals surface area (Å²) < 4.78 is 5.37. The van der Waals surface area contributed by atoms with E-state index in [4.69, 9.17) is 10.5 Å². The molecule has 0 aromatic rings. The van der Waals surface area contributed by atoms with Gasteiger partial charge in [0.1, 0.15) is 6.61 Å². The van der Waals surface area contributed by atoms with Gasteiger partial charge >= 0.3 is 0 Å². The Morgan fingerprint density at radius 2 is 1.35 bits per heavy atom.